The molecule has 0 aliphatic rings. The van der Waals surface area contributed by atoms with Gasteiger partial charge in [0.05, 0.1) is 18.8 Å². The summed E-state index contributed by atoms with van der Waals surface area (Å²) in [4.78, 5) is 1.98. The third-order valence-electron chi connectivity index (χ3n) is 2.92. The number of aliphatic hydroxyl groups excluding tert-OH is 2. The third kappa shape index (κ3) is 6.36. The fourth-order valence-corrected chi connectivity index (χ4v) is 2.02. The molecular weight excluding hydrogens is 266 g/mol. The highest BCUT2D eigenvalue weighted by molar-refractivity contribution is 6.30. The number of ether oxygens (including phenoxy) is 1. The van der Waals surface area contributed by atoms with Crippen molar-refractivity contribution in [3.63, 3.8) is 0 Å². The van der Waals surface area contributed by atoms with Crippen molar-refractivity contribution < 1.29 is 14.9 Å². The van der Waals surface area contributed by atoms with E-state index < -0.39 is 12.2 Å². The van der Waals surface area contributed by atoms with Gasteiger partial charge in [-0.05, 0) is 31.2 Å². The van der Waals surface area contributed by atoms with E-state index >= 15 is 0 Å². The molecule has 0 radical (unpaired) electrons. The summed E-state index contributed by atoms with van der Waals surface area (Å²) >= 11 is 5.80. The summed E-state index contributed by atoms with van der Waals surface area (Å²) in [5.74, 6) is 0. The second-order valence-electron chi connectivity index (χ2n) is 4.73. The number of methoxy groups -OCH3 is 1. The fourth-order valence-electron chi connectivity index (χ4n) is 1.89. The van der Waals surface area contributed by atoms with E-state index in [-0.39, 0.29) is 0 Å². The molecule has 2 N–H and O–H groups in total. The van der Waals surface area contributed by atoms with Crippen LogP contribution < -0.4 is 0 Å². The summed E-state index contributed by atoms with van der Waals surface area (Å²) in [6.45, 7) is 1.55. The van der Waals surface area contributed by atoms with Gasteiger partial charge in [-0.3, -0.25) is 0 Å². The largest absolute Gasteiger partial charge is 0.389 e. The number of aliphatic hydroxyl groups is 2. The zero-order valence-electron chi connectivity index (χ0n) is 11.4. The number of halogens is 1. The minimum atomic E-state index is -0.515. The minimum Gasteiger partial charge on any atom is -0.389 e. The first-order valence-electron chi connectivity index (χ1n) is 6.32. The summed E-state index contributed by atoms with van der Waals surface area (Å²) < 4.78 is 4.87. The summed E-state index contributed by atoms with van der Waals surface area (Å²) in [6.07, 6.45) is -0.403. The Morgan fingerprint density at radius 1 is 1.26 bits per heavy atom. The Hall–Kier alpha value is -0.650. The lowest BCUT2D eigenvalue weighted by Crippen LogP contribution is -2.33. The second-order valence-corrected chi connectivity index (χ2v) is 5.16. The van der Waals surface area contributed by atoms with E-state index in [0.717, 1.165) is 5.56 Å². The lowest BCUT2D eigenvalue weighted by atomic mass is 10.1. The van der Waals surface area contributed by atoms with E-state index in [0.29, 0.717) is 31.1 Å². The van der Waals surface area contributed by atoms with Crippen LogP contribution >= 0.6 is 11.6 Å². The van der Waals surface area contributed by atoms with E-state index in [4.69, 9.17) is 16.3 Å². The lowest BCUT2D eigenvalue weighted by molar-refractivity contribution is 0.0398. The standard InChI is InChI=1S/C14H22ClNO3/c1-16(9-13(17)10-19-2)8-7-14(18)11-3-5-12(15)6-4-11/h3-6,13-14,17-18H,7-10H2,1-2H3. The van der Waals surface area contributed by atoms with Crippen LogP contribution in [-0.2, 0) is 4.74 Å². The molecule has 1 aromatic carbocycles. The van der Waals surface area contributed by atoms with Gasteiger partial charge in [-0.2, -0.15) is 0 Å². The van der Waals surface area contributed by atoms with Crippen molar-refractivity contribution in [2.24, 2.45) is 0 Å². The van der Waals surface area contributed by atoms with Crippen LogP contribution in [0.1, 0.15) is 18.1 Å². The normalized spacial score (nSPS) is 14.6. The highest BCUT2D eigenvalue weighted by atomic mass is 35.5. The molecule has 2 atom stereocenters. The number of likely N-dealkylation sites (N-methyl/N-ethyl adjacent to an activating group) is 1. The maximum absolute atomic E-state index is 10.0. The maximum Gasteiger partial charge on any atom is 0.0899 e. The molecule has 108 valence electrons. The molecule has 0 aliphatic heterocycles. The van der Waals surface area contributed by atoms with Crippen LogP contribution in [0.15, 0.2) is 24.3 Å². The number of benzene rings is 1. The molecule has 1 aromatic rings. The van der Waals surface area contributed by atoms with Crippen molar-refractivity contribution in [1.29, 1.82) is 0 Å². The molecule has 0 fully saturated rings. The number of nitrogens with zero attached hydrogens (tertiary/aromatic N) is 1. The Morgan fingerprint density at radius 3 is 2.47 bits per heavy atom. The van der Waals surface area contributed by atoms with Gasteiger partial charge < -0.3 is 19.8 Å². The Kier molecular flexibility index (Phi) is 7.34. The molecule has 0 bridgehead atoms. The fraction of sp³-hybridized carbons (Fsp3) is 0.571. The summed E-state index contributed by atoms with van der Waals surface area (Å²) in [7, 11) is 3.47. The average Bonchev–Trinajstić information content (AvgIpc) is 2.37. The molecule has 0 aliphatic carbocycles. The predicted octanol–water partition coefficient (Wildman–Crippen LogP) is 1.70. The highest BCUT2D eigenvalue weighted by Gasteiger charge is 2.11. The van der Waals surface area contributed by atoms with E-state index in [2.05, 4.69) is 0 Å². The first-order valence-corrected chi connectivity index (χ1v) is 6.69. The molecule has 2 unspecified atom stereocenters. The SMILES string of the molecule is COCC(O)CN(C)CCC(O)c1ccc(Cl)cc1. The van der Waals surface area contributed by atoms with Crippen LogP contribution in [0.25, 0.3) is 0 Å². The highest BCUT2D eigenvalue weighted by Crippen LogP contribution is 2.19. The molecule has 19 heavy (non-hydrogen) atoms. The van der Waals surface area contributed by atoms with Crippen LogP contribution in [-0.4, -0.2) is 55.1 Å². The average molecular weight is 288 g/mol. The van der Waals surface area contributed by atoms with Gasteiger partial charge in [0.2, 0.25) is 0 Å². The number of hydrogen-bond acceptors (Lipinski definition) is 4. The minimum absolute atomic E-state index is 0.323. The zero-order valence-corrected chi connectivity index (χ0v) is 12.2. The molecule has 0 saturated carbocycles. The lowest BCUT2D eigenvalue weighted by Gasteiger charge is -2.21. The maximum atomic E-state index is 10.0. The number of rotatable bonds is 8. The first kappa shape index (κ1) is 16.4. The van der Waals surface area contributed by atoms with Crippen molar-refractivity contribution >= 4 is 11.6 Å². The Bertz CT molecular complexity index is 358. The predicted molar refractivity (Wildman–Crippen MR) is 76.4 cm³/mol. The van der Waals surface area contributed by atoms with Gasteiger partial charge in [0.1, 0.15) is 0 Å². The summed E-state index contributed by atoms with van der Waals surface area (Å²) in [6, 6.07) is 7.19. The van der Waals surface area contributed by atoms with Gasteiger partial charge in [-0.1, -0.05) is 23.7 Å². The van der Waals surface area contributed by atoms with Gasteiger partial charge in [-0.25, -0.2) is 0 Å². The molecule has 0 heterocycles. The molecule has 0 amide bonds. The van der Waals surface area contributed by atoms with Crippen LogP contribution in [0.3, 0.4) is 0 Å². The quantitative estimate of drug-likeness (QED) is 0.764. The van der Waals surface area contributed by atoms with Crippen LogP contribution in [0, 0.1) is 0 Å². The third-order valence-corrected chi connectivity index (χ3v) is 3.17. The van der Waals surface area contributed by atoms with Crippen LogP contribution in [0.2, 0.25) is 5.02 Å². The molecule has 0 saturated heterocycles. The number of hydrogen-bond donors (Lipinski definition) is 2. The van der Waals surface area contributed by atoms with Gasteiger partial charge in [0.25, 0.3) is 0 Å². The Balaban J connectivity index is 2.33. The molecule has 0 spiro atoms. The smallest absolute Gasteiger partial charge is 0.0899 e. The van der Waals surface area contributed by atoms with Crippen molar-refractivity contribution in [3.8, 4) is 0 Å². The van der Waals surface area contributed by atoms with E-state index in [9.17, 15) is 10.2 Å². The molecule has 1 rings (SSSR count). The van der Waals surface area contributed by atoms with Gasteiger partial charge >= 0.3 is 0 Å². The summed E-state index contributed by atoms with van der Waals surface area (Å²) in [5, 5.41) is 20.3. The second kappa shape index (κ2) is 8.51. The van der Waals surface area contributed by atoms with Crippen molar-refractivity contribution in [2.45, 2.75) is 18.6 Å². The monoisotopic (exact) mass is 287 g/mol. The van der Waals surface area contributed by atoms with Crippen molar-refractivity contribution in [2.75, 3.05) is 33.9 Å². The molecule has 0 aromatic heterocycles. The Morgan fingerprint density at radius 2 is 1.89 bits per heavy atom. The molecule has 5 heteroatoms. The van der Waals surface area contributed by atoms with Gasteiger partial charge in [0.15, 0.2) is 0 Å². The Labute approximate surface area is 119 Å². The van der Waals surface area contributed by atoms with Crippen molar-refractivity contribution in [1.82, 2.24) is 4.90 Å². The summed E-state index contributed by atoms with van der Waals surface area (Å²) in [5.41, 5.74) is 0.857. The topological polar surface area (TPSA) is 52.9 Å². The van der Waals surface area contributed by atoms with E-state index in [1.54, 1.807) is 19.2 Å². The van der Waals surface area contributed by atoms with Gasteiger partial charge in [-0.15, -0.1) is 0 Å². The first-order chi connectivity index (χ1) is 9.02. The van der Waals surface area contributed by atoms with Crippen LogP contribution in [0.5, 0.6) is 0 Å². The molecular formula is C14H22ClNO3. The zero-order chi connectivity index (χ0) is 14.3. The van der Waals surface area contributed by atoms with Gasteiger partial charge in [0, 0.05) is 25.2 Å². The van der Waals surface area contributed by atoms with Crippen LogP contribution in [0.4, 0.5) is 0 Å². The van der Waals surface area contributed by atoms with Crippen molar-refractivity contribution in [3.05, 3.63) is 34.9 Å². The van der Waals surface area contributed by atoms with E-state index in [1.807, 2.05) is 24.1 Å². The van der Waals surface area contributed by atoms with E-state index in [1.165, 1.54) is 0 Å². The molecule has 4 nitrogen and oxygen atoms in total.